The standard InChI is InChI=1S/C17H18N2O3/c20-17-16-14(8-9-19(17)10-12-6-7-12)18-15(22-16)11-21-13-4-2-1-3-5-13/h1-5,12H,6-11H2. The molecule has 1 aliphatic heterocycles. The summed E-state index contributed by atoms with van der Waals surface area (Å²) in [7, 11) is 0. The summed E-state index contributed by atoms with van der Waals surface area (Å²) in [5, 5.41) is 0. The van der Waals surface area contributed by atoms with Crippen molar-refractivity contribution in [3.8, 4) is 5.75 Å². The van der Waals surface area contributed by atoms with E-state index in [9.17, 15) is 4.79 Å². The average Bonchev–Trinajstić information content (AvgIpc) is 3.26. The Kier molecular flexibility index (Phi) is 3.33. The summed E-state index contributed by atoms with van der Waals surface area (Å²) in [5.41, 5.74) is 0.767. The molecule has 1 aliphatic carbocycles. The number of nitrogens with zero attached hydrogens (tertiary/aromatic N) is 2. The van der Waals surface area contributed by atoms with Crippen LogP contribution in [0.1, 0.15) is 35.0 Å². The summed E-state index contributed by atoms with van der Waals surface area (Å²) in [5.74, 6) is 2.30. The maximum absolute atomic E-state index is 12.4. The minimum Gasteiger partial charge on any atom is -0.484 e. The van der Waals surface area contributed by atoms with Gasteiger partial charge in [0.1, 0.15) is 5.75 Å². The molecular weight excluding hydrogens is 280 g/mol. The van der Waals surface area contributed by atoms with Gasteiger partial charge in [-0.05, 0) is 30.9 Å². The van der Waals surface area contributed by atoms with Crippen LogP contribution >= 0.6 is 0 Å². The van der Waals surface area contributed by atoms with Gasteiger partial charge in [-0.3, -0.25) is 4.79 Å². The van der Waals surface area contributed by atoms with E-state index in [0.29, 0.717) is 17.6 Å². The molecule has 1 saturated carbocycles. The number of hydrogen-bond acceptors (Lipinski definition) is 4. The van der Waals surface area contributed by atoms with E-state index in [1.165, 1.54) is 12.8 Å². The van der Waals surface area contributed by atoms with Crippen LogP contribution in [-0.2, 0) is 13.0 Å². The molecule has 1 amide bonds. The molecule has 5 nitrogen and oxygen atoms in total. The number of para-hydroxylation sites is 1. The molecule has 2 aliphatic rings. The van der Waals surface area contributed by atoms with E-state index in [1.54, 1.807) is 0 Å². The molecule has 22 heavy (non-hydrogen) atoms. The van der Waals surface area contributed by atoms with Crippen LogP contribution in [0.25, 0.3) is 0 Å². The monoisotopic (exact) mass is 298 g/mol. The summed E-state index contributed by atoms with van der Waals surface area (Å²) < 4.78 is 11.3. The Morgan fingerprint density at radius 2 is 2.09 bits per heavy atom. The fourth-order valence-corrected chi connectivity index (χ4v) is 2.73. The van der Waals surface area contributed by atoms with E-state index in [4.69, 9.17) is 9.15 Å². The topological polar surface area (TPSA) is 55.6 Å². The normalized spacial score (nSPS) is 17.5. The quantitative estimate of drug-likeness (QED) is 0.851. The zero-order valence-electron chi connectivity index (χ0n) is 12.3. The number of benzene rings is 1. The molecule has 2 heterocycles. The van der Waals surface area contributed by atoms with Gasteiger partial charge in [0, 0.05) is 19.5 Å². The highest BCUT2D eigenvalue weighted by atomic mass is 16.5. The van der Waals surface area contributed by atoms with Crippen LogP contribution in [0.4, 0.5) is 0 Å². The highest BCUT2D eigenvalue weighted by molar-refractivity contribution is 5.93. The summed E-state index contributed by atoms with van der Waals surface area (Å²) in [6, 6.07) is 9.52. The number of carbonyl (C=O) groups is 1. The van der Waals surface area contributed by atoms with Crippen LogP contribution in [-0.4, -0.2) is 28.9 Å². The van der Waals surface area contributed by atoms with Gasteiger partial charge in [-0.1, -0.05) is 18.2 Å². The first kappa shape index (κ1) is 13.4. The van der Waals surface area contributed by atoms with Crippen molar-refractivity contribution in [1.82, 2.24) is 9.88 Å². The van der Waals surface area contributed by atoms with E-state index in [-0.39, 0.29) is 12.5 Å². The van der Waals surface area contributed by atoms with Gasteiger partial charge in [-0.15, -0.1) is 0 Å². The van der Waals surface area contributed by atoms with Crippen LogP contribution in [0.15, 0.2) is 34.7 Å². The van der Waals surface area contributed by atoms with Crippen LogP contribution in [0, 0.1) is 5.92 Å². The van der Waals surface area contributed by atoms with Gasteiger partial charge in [0.25, 0.3) is 5.91 Å². The summed E-state index contributed by atoms with van der Waals surface area (Å²) in [6.45, 7) is 1.84. The number of amides is 1. The minimum absolute atomic E-state index is 0.0217. The Balaban J connectivity index is 1.45. The highest BCUT2D eigenvalue weighted by Gasteiger charge is 2.33. The molecule has 1 aromatic carbocycles. The first-order valence-corrected chi connectivity index (χ1v) is 7.75. The molecule has 0 spiro atoms. The second-order valence-electron chi connectivity index (χ2n) is 5.93. The van der Waals surface area contributed by atoms with Gasteiger partial charge in [0.05, 0.1) is 5.69 Å². The largest absolute Gasteiger partial charge is 0.484 e. The second-order valence-corrected chi connectivity index (χ2v) is 5.93. The molecule has 0 unspecified atom stereocenters. The van der Waals surface area contributed by atoms with Crippen molar-refractivity contribution in [2.45, 2.75) is 25.9 Å². The molecule has 1 aromatic heterocycles. The Bertz CT molecular complexity index is 676. The number of rotatable bonds is 5. The van der Waals surface area contributed by atoms with E-state index in [0.717, 1.165) is 31.0 Å². The van der Waals surface area contributed by atoms with Crippen LogP contribution in [0.5, 0.6) is 5.75 Å². The Labute approximate surface area is 128 Å². The fourth-order valence-electron chi connectivity index (χ4n) is 2.73. The molecule has 0 atom stereocenters. The molecular formula is C17H18N2O3. The highest BCUT2D eigenvalue weighted by Crippen LogP contribution is 2.31. The Hall–Kier alpha value is -2.30. The number of ether oxygens (including phenoxy) is 1. The van der Waals surface area contributed by atoms with Gasteiger partial charge >= 0.3 is 0 Å². The third kappa shape index (κ3) is 2.71. The van der Waals surface area contributed by atoms with Crippen LogP contribution < -0.4 is 4.74 Å². The molecule has 4 rings (SSSR count). The number of aromatic nitrogens is 1. The van der Waals surface area contributed by atoms with Crippen molar-refractivity contribution in [2.75, 3.05) is 13.1 Å². The summed E-state index contributed by atoms with van der Waals surface area (Å²) in [4.78, 5) is 18.7. The van der Waals surface area contributed by atoms with E-state index < -0.39 is 0 Å². The van der Waals surface area contributed by atoms with Crippen LogP contribution in [0.2, 0.25) is 0 Å². The van der Waals surface area contributed by atoms with E-state index >= 15 is 0 Å². The lowest BCUT2D eigenvalue weighted by molar-refractivity contribution is 0.0692. The van der Waals surface area contributed by atoms with Crippen molar-refractivity contribution < 1.29 is 13.9 Å². The molecule has 0 bridgehead atoms. The molecule has 114 valence electrons. The smallest absolute Gasteiger partial charge is 0.291 e. The van der Waals surface area contributed by atoms with Gasteiger partial charge in [0.2, 0.25) is 11.7 Å². The molecule has 5 heteroatoms. The number of hydrogen-bond donors (Lipinski definition) is 0. The van der Waals surface area contributed by atoms with E-state index in [1.807, 2.05) is 35.2 Å². The Morgan fingerprint density at radius 1 is 1.27 bits per heavy atom. The SMILES string of the molecule is O=C1c2oc(COc3ccccc3)nc2CCN1CC1CC1. The third-order valence-corrected chi connectivity index (χ3v) is 4.12. The third-order valence-electron chi connectivity index (χ3n) is 4.12. The first-order chi connectivity index (χ1) is 10.8. The van der Waals surface area contributed by atoms with Crippen molar-refractivity contribution in [1.29, 1.82) is 0 Å². The Morgan fingerprint density at radius 3 is 2.86 bits per heavy atom. The number of oxazole rings is 1. The van der Waals surface area contributed by atoms with Crippen LogP contribution in [0.3, 0.4) is 0 Å². The zero-order chi connectivity index (χ0) is 14.9. The molecule has 0 N–H and O–H groups in total. The lowest BCUT2D eigenvalue weighted by Crippen LogP contribution is -2.38. The van der Waals surface area contributed by atoms with Gasteiger partial charge < -0.3 is 14.1 Å². The molecule has 1 fully saturated rings. The summed E-state index contributed by atoms with van der Waals surface area (Å²) >= 11 is 0. The second kappa shape index (κ2) is 5.48. The van der Waals surface area contributed by atoms with Crippen molar-refractivity contribution in [2.24, 2.45) is 5.92 Å². The van der Waals surface area contributed by atoms with Gasteiger partial charge in [-0.2, -0.15) is 0 Å². The summed E-state index contributed by atoms with van der Waals surface area (Å²) in [6.07, 6.45) is 3.25. The van der Waals surface area contributed by atoms with Gasteiger partial charge in [0.15, 0.2) is 6.61 Å². The maximum Gasteiger partial charge on any atom is 0.291 e. The lowest BCUT2D eigenvalue weighted by atomic mass is 10.1. The minimum atomic E-state index is -0.0217. The van der Waals surface area contributed by atoms with Crippen molar-refractivity contribution >= 4 is 5.91 Å². The van der Waals surface area contributed by atoms with E-state index in [2.05, 4.69) is 4.98 Å². The fraction of sp³-hybridized carbons (Fsp3) is 0.412. The zero-order valence-corrected chi connectivity index (χ0v) is 12.3. The lowest BCUT2D eigenvalue weighted by Gasteiger charge is -2.24. The van der Waals surface area contributed by atoms with Crippen molar-refractivity contribution in [3.05, 3.63) is 47.7 Å². The predicted molar refractivity (Wildman–Crippen MR) is 79.6 cm³/mol. The van der Waals surface area contributed by atoms with Crippen molar-refractivity contribution in [3.63, 3.8) is 0 Å². The molecule has 0 saturated heterocycles. The maximum atomic E-state index is 12.4. The van der Waals surface area contributed by atoms with Gasteiger partial charge in [-0.25, -0.2) is 4.98 Å². The number of fused-ring (bicyclic) bond motifs is 1. The predicted octanol–water partition coefficient (Wildman–Crippen LogP) is 2.66. The number of carbonyl (C=O) groups excluding carboxylic acids is 1. The average molecular weight is 298 g/mol. The first-order valence-electron chi connectivity index (χ1n) is 7.75. The molecule has 0 radical (unpaired) electrons. The molecule has 2 aromatic rings.